The molecule has 0 saturated heterocycles. The van der Waals surface area contributed by atoms with Gasteiger partial charge < -0.3 is 10.0 Å². The summed E-state index contributed by atoms with van der Waals surface area (Å²) in [6.07, 6.45) is 2.11. The molecule has 0 bridgehead atoms. The predicted octanol–water partition coefficient (Wildman–Crippen LogP) is 2.63. The molecule has 0 aliphatic rings. The average Bonchev–Trinajstić information content (AvgIpc) is 2.23. The Morgan fingerprint density at radius 2 is 2.12 bits per heavy atom. The SMILES string of the molecule is CCCCN(C)c1nc(C)cc(C)c1C(=O)O. The van der Waals surface area contributed by atoms with Crippen LogP contribution in [0.4, 0.5) is 5.82 Å². The minimum atomic E-state index is -0.909. The zero-order valence-electron chi connectivity index (χ0n) is 10.9. The van der Waals surface area contributed by atoms with Crippen molar-refractivity contribution in [2.75, 3.05) is 18.5 Å². The molecule has 1 rings (SSSR count). The van der Waals surface area contributed by atoms with Crippen molar-refractivity contribution in [3.05, 3.63) is 22.9 Å². The number of unbranched alkanes of at least 4 members (excludes halogenated alkanes) is 1. The number of pyridine rings is 1. The molecule has 0 amide bonds. The number of hydrogen-bond acceptors (Lipinski definition) is 3. The Kier molecular flexibility index (Phi) is 4.49. The van der Waals surface area contributed by atoms with Gasteiger partial charge in [0.1, 0.15) is 11.4 Å². The van der Waals surface area contributed by atoms with Gasteiger partial charge in [-0.05, 0) is 31.9 Å². The molecular weight excluding hydrogens is 216 g/mol. The Labute approximate surface area is 102 Å². The monoisotopic (exact) mass is 236 g/mol. The van der Waals surface area contributed by atoms with Crippen molar-refractivity contribution < 1.29 is 9.90 Å². The van der Waals surface area contributed by atoms with E-state index in [1.165, 1.54) is 0 Å². The fourth-order valence-corrected chi connectivity index (χ4v) is 1.86. The quantitative estimate of drug-likeness (QED) is 0.853. The maximum absolute atomic E-state index is 11.3. The average molecular weight is 236 g/mol. The van der Waals surface area contributed by atoms with Crippen LogP contribution in [0.15, 0.2) is 6.07 Å². The molecule has 94 valence electrons. The van der Waals surface area contributed by atoms with Crippen LogP contribution < -0.4 is 4.90 Å². The summed E-state index contributed by atoms with van der Waals surface area (Å²) in [5.74, 6) is -0.336. The summed E-state index contributed by atoms with van der Waals surface area (Å²) in [4.78, 5) is 17.5. The molecule has 1 N–H and O–H groups in total. The minimum Gasteiger partial charge on any atom is -0.478 e. The fraction of sp³-hybridized carbons (Fsp3) is 0.538. The maximum atomic E-state index is 11.3. The fourth-order valence-electron chi connectivity index (χ4n) is 1.86. The molecular formula is C13H20N2O2. The van der Waals surface area contributed by atoms with Gasteiger partial charge in [0, 0.05) is 19.3 Å². The van der Waals surface area contributed by atoms with Crippen LogP contribution in [-0.4, -0.2) is 29.7 Å². The maximum Gasteiger partial charge on any atom is 0.339 e. The Morgan fingerprint density at radius 1 is 1.47 bits per heavy atom. The van der Waals surface area contributed by atoms with Gasteiger partial charge in [-0.1, -0.05) is 13.3 Å². The van der Waals surface area contributed by atoms with Crippen LogP contribution in [0.5, 0.6) is 0 Å². The van der Waals surface area contributed by atoms with Crippen molar-refractivity contribution in [1.82, 2.24) is 4.98 Å². The highest BCUT2D eigenvalue weighted by molar-refractivity contribution is 5.95. The molecule has 0 aliphatic carbocycles. The first-order chi connectivity index (χ1) is 7.97. The molecule has 1 aromatic heterocycles. The predicted molar refractivity (Wildman–Crippen MR) is 68.8 cm³/mol. The van der Waals surface area contributed by atoms with E-state index in [4.69, 9.17) is 0 Å². The number of carboxylic acids is 1. The van der Waals surface area contributed by atoms with E-state index in [9.17, 15) is 9.90 Å². The number of carbonyl (C=O) groups is 1. The molecule has 0 fully saturated rings. The number of carboxylic acid groups (broad SMARTS) is 1. The summed E-state index contributed by atoms with van der Waals surface area (Å²) in [5.41, 5.74) is 1.93. The second-order valence-corrected chi connectivity index (χ2v) is 4.36. The summed E-state index contributed by atoms with van der Waals surface area (Å²) in [7, 11) is 1.89. The lowest BCUT2D eigenvalue weighted by Gasteiger charge is -2.21. The number of aromatic nitrogens is 1. The van der Waals surface area contributed by atoms with E-state index in [2.05, 4.69) is 11.9 Å². The van der Waals surface area contributed by atoms with Crippen LogP contribution >= 0.6 is 0 Å². The third kappa shape index (κ3) is 3.19. The number of aryl methyl sites for hydroxylation is 2. The highest BCUT2D eigenvalue weighted by atomic mass is 16.4. The number of nitrogens with zero attached hydrogens (tertiary/aromatic N) is 2. The van der Waals surface area contributed by atoms with Gasteiger partial charge in [0.2, 0.25) is 0 Å². The summed E-state index contributed by atoms with van der Waals surface area (Å²) in [5, 5.41) is 9.25. The summed E-state index contributed by atoms with van der Waals surface area (Å²) in [6.45, 7) is 6.64. The van der Waals surface area contributed by atoms with Gasteiger partial charge in [-0.2, -0.15) is 0 Å². The van der Waals surface area contributed by atoms with E-state index < -0.39 is 5.97 Å². The smallest absolute Gasteiger partial charge is 0.339 e. The number of anilines is 1. The van der Waals surface area contributed by atoms with Crippen molar-refractivity contribution in [1.29, 1.82) is 0 Å². The molecule has 0 radical (unpaired) electrons. The summed E-state index contributed by atoms with van der Waals surface area (Å²) < 4.78 is 0. The highest BCUT2D eigenvalue weighted by Crippen LogP contribution is 2.22. The van der Waals surface area contributed by atoms with E-state index in [0.29, 0.717) is 11.4 Å². The first-order valence-electron chi connectivity index (χ1n) is 5.90. The molecule has 0 spiro atoms. The molecule has 0 atom stereocenters. The van der Waals surface area contributed by atoms with Gasteiger partial charge >= 0.3 is 5.97 Å². The van der Waals surface area contributed by atoms with Crippen LogP contribution in [0.1, 0.15) is 41.4 Å². The van der Waals surface area contributed by atoms with E-state index in [1.807, 2.05) is 25.8 Å². The lowest BCUT2D eigenvalue weighted by molar-refractivity contribution is 0.0696. The first kappa shape index (κ1) is 13.5. The molecule has 1 aromatic rings. The first-order valence-corrected chi connectivity index (χ1v) is 5.90. The van der Waals surface area contributed by atoms with Crippen LogP contribution in [0.25, 0.3) is 0 Å². The second-order valence-electron chi connectivity index (χ2n) is 4.36. The van der Waals surface area contributed by atoms with E-state index in [-0.39, 0.29) is 0 Å². The van der Waals surface area contributed by atoms with Crippen LogP contribution in [-0.2, 0) is 0 Å². The Morgan fingerprint density at radius 3 is 2.65 bits per heavy atom. The van der Waals surface area contributed by atoms with Crippen LogP contribution in [0, 0.1) is 13.8 Å². The Hall–Kier alpha value is -1.58. The number of aromatic carboxylic acids is 1. The minimum absolute atomic E-state index is 0.314. The Balaban J connectivity index is 3.15. The lowest BCUT2D eigenvalue weighted by atomic mass is 10.1. The molecule has 0 saturated carbocycles. The molecule has 4 nitrogen and oxygen atoms in total. The second kappa shape index (κ2) is 5.66. The van der Waals surface area contributed by atoms with Crippen molar-refractivity contribution in [3.8, 4) is 0 Å². The zero-order chi connectivity index (χ0) is 13.0. The van der Waals surface area contributed by atoms with Gasteiger partial charge in [0.25, 0.3) is 0 Å². The van der Waals surface area contributed by atoms with Gasteiger partial charge in [-0.3, -0.25) is 0 Å². The molecule has 0 aromatic carbocycles. The standard InChI is InChI=1S/C13H20N2O2/c1-5-6-7-15(4)12-11(13(16)17)9(2)8-10(3)14-12/h8H,5-7H2,1-4H3,(H,16,17). The van der Waals surface area contributed by atoms with Crippen molar-refractivity contribution >= 4 is 11.8 Å². The van der Waals surface area contributed by atoms with Crippen LogP contribution in [0.3, 0.4) is 0 Å². The van der Waals surface area contributed by atoms with Gasteiger partial charge in [0.15, 0.2) is 0 Å². The van der Waals surface area contributed by atoms with Gasteiger partial charge in [0.05, 0.1) is 0 Å². The zero-order valence-corrected chi connectivity index (χ0v) is 10.9. The van der Waals surface area contributed by atoms with Crippen molar-refractivity contribution in [2.24, 2.45) is 0 Å². The van der Waals surface area contributed by atoms with Crippen molar-refractivity contribution in [2.45, 2.75) is 33.6 Å². The third-order valence-corrected chi connectivity index (χ3v) is 2.75. The Bertz CT molecular complexity index is 416. The lowest BCUT2D eigenvalue weighted by Crippen LogP contribution is -2.23. The molecule has 1 heterocycles. The summed E-state index contributed by atoms with van der Waals surface area (Å²) in [6, 6.07) is 1.81. The van der Waals surface area contributed by atoms with Gasteiger partial charge in [-0.15, -0.1) is 0 Å². The molecule has 0 unspecified atom stereocenters. The van der Waals surface area contributed by atoms with E-state index in [1.54, 1.807) is 6.07 Å². The topological polar surface area (TPSA) is 53.4 Å². The van der Waals surface area contributed by atoms with Crippen LogP contribution in [0.2, 0.25) is 0 Å². The van der Waals surface area contributed by atoms with E-state index in [0.717, 1.165) is 30.6 Å². The molecule has 4 heteroatoms. The van der Waals surface area contributed by atoms with Gasteiger partial charge in [-0.25, -0.2) is 9.78 Å². The van der Waals surface area contributed by atoms with Crippen molar-refractivity contribution in [3.63, 3.8) is 0 Å². The number of rotatable bonds is 5. The molecule has 17 heavy (non-hydrogen) atoms. The van der Waals surface area contributed by atoms with E-state index >= 15 is 0 Å². The largest absolute Gasteiger partial charge is 0.478 e. The number of hydrogen-bond donors (Lipinski definition) is 1. The third-order valence-electron chi connectivity index (χ3n) is 2.75. The normalized spacial score (nSPS) is 10.4. The highest BCUT2D eigenvalue weighted by Gasteiger charge is 2.18. The summed E-state index contributed by atoms with van der Waals surface area (Å²) >= 11 is 0. The molecule has 0 aliphatic heterocycles.